The molecule has 1 aromatic rings. The molecule has 0 aliphatic heterocycles. The third-order valence-corrected chi connectivity index (χ3v) is 4.72. The zero-order chi connectivity index (χ0) is 16.1. The Morgan fingerprint density at radius 2 is 1.76 bits per heavy atom. The molecule has 11 heteroatoms. The van der Waals surface area contributed by atoms with Crippen LogP contribution in [-0.4, -0.2) is 26.9 Å². The molecule has 0 bridgehead atoms. The Kier molecular flexibility index (Phi) is 5.80. The van der Waals surface area contributed by atoms with Gasteiger partial charge >= 0.3 is 23.2 Å². The van der Waals surface area contributed by atoms with E-state index in [-0.39, 0.29) is 12.4 Å². The van der Waals surface area contributed by atoms with Crippen molar-refractivity contribution >= 4 is 17.7 Å². The maximum Gasteiger partial charge on any atom is 0.523 e. The van der Waals surface area contributed by atoms with Crippen molar-refractivity contribution in [2.75, 3.05) is 13.0 Å². The second-order valence-electron chi connectivity index (χ2n) is 3.58. The zero-order valence-electron chi connectivity index (χ0n) is 10.7. The Hall–Kier alpha value is -1.09. The van der Waals surface area contributed by atoms with Crippen molar-refractivity contribution in [3.63, 3.8) is 0 Å². The summed E-state index contributed by atoms with van der Waals surface area (Å²) >= 11 is 0. The van der Waals surface area contributed by atoms with E-state index in [9.17, 15) is 26.2 Å². The van der Waals surface area contributed by atoms with Gasteiger partial charge in [-0.3, -0.25) is 4.52 Å². The quantitative estimate of drug-likeness (QED) is 0.428. The summed E-state index contributed by atoms with van der Waals surface area (Å²) in [6.07, 6.45) is -1.38. The van der Waals surface area contributed by atoms with Gasteiger partial charge in [-0.15, -0.1) is 0 Å². The van der Waals surface area contributed by atoms with Crippen molar-refractivity contribution in [3.05, 3.63) is 30.3 Å². The molecule has 0 spiro atoms. The van der Waals surface area contributed by atoms with E-state index in [0.29, 0.717) is 0 Å². The van der Waals surface area contributed by atoms with Crippen molar-refractivity contribution in [1.29, 1.82) is 0 Å². The fourth-order valence-corrected chi connectivity index (χ4v) is 3.35. The summed E-state index contributed by atoms with van der Waals surface area (Å²) in [6.45, 7) is 1.25. The molecule has 1 aromatic carbocycles. The maximum absolute atomic E-state index is 12.2. The van der Waals surface area contributed by atoms with Gasteiger partial charge in [-0.2, -0.15) is 21.6 Å². The van der Waals surface area contributed by atoms with Crippen LogP contribution in [0.5, 0.6) is 5.75 Å². The van der Waals surface area contributed by atoms with E-state index in [2.05, 4.69) is 4.18 Å². The largest absolute Gasteiger partial charge is 0.523 e. The first-order valence-electron chi connectivity index (χ1n) is 5.53. The number of rotatable bonds is 7. The molecule has 0 amide bonds. The van der Waals surface area contributed by atoms with Gasteiger partial charge < -0.3 is 4.52 Å². The Morgan fingerprint density at radius 3 is 2.24 bits per heavy atom. The van der Waals surface area contributed by atoms with Gasteiger partial charge in [0, 0.05) is 0 Å². The SMILES string of the molecule is CCOP(=O)(COS(=O)(=O)C(F)(F)F)Oc1ccccc1. The fraction of sp³-hybridized carbons (Fsp3) is 0.400. The number of hydrogen-bond acceptors (Lipinski definition) is 6. The molecule has 0 N–H and O–H groups in total. The lowest BCUT2D eigenvalue weighted by Crippen LogP contribution is -2.26. The number of para-hydroxylation sites is 1. The van der Waals surface area contributed by atoms with Crippen LogP contribution in [0.3, 0.4) is 0 Å². The highest BCUT2D eigenvalue weighted by molar-refractivity contribution is 7.87. The Morgan fingerprint density at radius 1 is 1.19 bits per heavy atom. The number of hydrogen-bond donors (Lipinski definition) is 0. The molecule has 120 valence electrons. The van der Waals surface area contributed by atoms with Gasteiger partial charge in [-0.1, -0.05) is 18.2 Å². The van der Waals surface area contributed by atoms with Crippen LogP contribution >= 0.6 is 7.60 Å². The molecule has 0 aliphatic rings. The van der Waals surface area contributed by atoms with Gasteiger partial charge in [-0.25, -0.2) is 8.75 Å². The summed E-state index contributed by atoms with van der Waals surface area (Å²) in [4.78, 5) is 0. The first kappa shape index (κ1) is 18.0. The standard InChI is InChI=1S/C10H12F3O6PS/c1-2-17-20(14,19-9-6-4-3-5-7-9)8-18-21(15,16)10(11,12)13/h3-7H,2,8H2,1H3. The topological polar surface area (TPSA) is 78.9 Å². The molecular formula is C10H12F3O6PS. The van der Waals surface area contributed by atoms with Gasteiger partial charge in [0.2, 0.25) is 0 Å². The Bertz CT molecular complexity index is 601. The van der Waals surface area contributed by atoms with Gasteiger partial charge in [-0.05, 0) is 19.1 Å². The summed E-state index contributed by atoms with van der Waals surface area (Å²) in [5.41, 5.74) is -5.61. The van der Waals surface area contributed by atoms with Gasteiger partial charge in [0.05, 0.1) is 6.61 Å². The summed E-state index contributed by atoms with van der Waals surface area (Å²) in [7, 11) is -10.1. The van der Waals surface area contributed by atoms with E-state index in [1.807, 2.05) is 0 Å². The summed E-state index contributed by atoms with van der Waals surface area (Å²) < 4.78 is 83.5. The molecule has 0 aliphatic carbocycles. The normalized spacial score (nSPS) is 15.4. The number of benzene rings is 1. The molecule has 0 saturated carbocycles. The smallest absolute Gasteiger partial charge is 0.423 e. The molecular weight excluding hydrogens is 336 g/mol. The molecule has 21 heavy (non-hydrogen) atoms. The molecule has 6 nitrogen and oxygen atoms in total. The monoisotopic (exact) mass is 348 g/mol. The van der Waals surface area contributed by atoms with Crippen molar-refractivity contribution in [1.82, 2.24) is 0 Å². The third kappa shape index (κ3) is 5.31. The zero-order valence-corrected chi connectivity index (χ0v) is 12.5. The molecule has 0 heterocycles. The van der Waals surface area contributed by atoms with Crippen molar-refractivity contribution in [2.45, 2.75) is 12.4 Å². The van der Waals surface area contributed by atoms with Crippen LogP contribution < -0.4 is 4.52 Å². The highest BCUT2D eigenvalue weighted by Gasteiger charge is 2.48. The van der Waals surface area contributed by atoms with Crippen LogP contribution in [-0.2, 0) is 23.4 Å². The molecule has 0 fully saturated rings. The van der Waals surface area contributed by atoms with Crippen molar-refractivity contribution in [3.8, 4) is 5.75 Å². The Labute approximate surface area is 119 Å². The summed E-state index contributed by atoms with van der Waals surface area (Å²) in [6, 6.07) is 7.44. The van der Waals surface area contributed by atoms with E-state index in [1.54, 1.807) is 6.07 Å². The third-order valence-electron chi connectivity index (χ3n) is 1.96. The summed E-state index contributed by atoms with van der Waals surface area (Å²) in [5, 5.41) is 0. The van der Waals surface area contributed by atoms with E-state index in [0.717, 1.165) is 0 Å². The average Bonchev–Trinajstić information content (AvgIpc) is 2.37. The lowest BCUT2D eigenvalue weighted by atomic mass is 10.3. The molecule has 1 unspecified atom stereocenters. The lowest BCUT2D eigenvalue weighted by molar-refractivity contribution is -0.0533. The van der Waals surface area contributed by atoms with Crippen LogP contribution in [0.2, 0.25) is 0 Å². The van der Waals surface area contributed by atoms with E-state index < -0.39 is 29.6 Å². The van der Waals surface area contributed by atoms with E-state index >= 15 is 0 Å². The highest BCUT2D eigenvalue weighted by atomic mass is 32.2. The lowest BCUT2D eigenvalue weighted by Gasteiger charge is -2.18. The molecule has 0 aromatic heterocycles. The minimum atomic E-state index is -5.87. The molecule has 0 saturated heterocycles. The number of alkyl halides is 3. The first-order chi connectivity index (χ1) is 9.60. The van der Waals surface area contributed by atoms with Crippen LogP contribution in [0.1, 0.15) is 6.92 Å². The van der Waals surface area contributed by atoms with E-state index in [1.165, 1.54) is 31.2 Å². The molecule has 0 radical (unpaired) electrons. The highest BCUT2D eigenvalue weighted by Crippen LogP contribution is 2.49. The minimum absolute atomic E-state index is 0.0438. The van der Waals surface area contributed by atoms with Crippen LogP contribution in [0.25, 0.3) is 0 Å². The first-order valence-corrected chi connectivity index (χ1v) is 8.67. The average molecular weight is 348 g/mol. The number of halogens is 3. The predicted molar refractivity (Wildman–Crippen MR) is 67.2 cm³/mol. The fourth-order valence-electron chi connectivity index (χ4n) is 1.13. The van der Waals surface area contributed by atoms with Crippen LogP contribution in [0.4, 0.5) is 13.2 Å². The van der Waals surface area contributed by atoms with Crippen LogP contribution in [0.15, 0.2) is 30.3 Å². The second kappa shape index (κ2) is 6.78. The molecule has 1 atom stereocenters. The van der Waals surface area contributed by atoms with Gasteiger partial charge in [0.25, 0.3) is 0 Å². The van der Waals surface area contributed by atoms with Gasteiger partial charge in [0.1, 0.15) is 5.75 Å². The maximum atomic E-state index is 12.2. The minimum Gasteiger partial charge on any atom is -0.423 e. The van der Waals surface area contributed by atoms with Gasteiger partial charge in [0.15, 0.2) is 6.35 Å². The summed E-state index contributed by atoms with van der Waals surface area (Å²) in [5.74, 6) is 0.0438. The van der Waals surface area contributed by atoms with Crippen molar-refractivity contribution < 1.29 is 39.4 Å². The Balaban J connectivity index is 2.85. The second-order valence-corrected chi connectivity index (χ2v) is 7.11. The van der Waals surface area contributed by atoms with E-state index in [4.69, 9.17) is 9.05 Å². The van der Waals surface area contributed by atoms with Crippen molar-refractivity contribution in [2.24, 2.45) is 0 Å². The molecule has 1 rings (SSSR count). The van der Waals surface area contributed by atoms with Crippen LogP contribution in [0, 0.1) is 0 Å². The predicted octanol–water partition coefficient (Wildman–Crippen LogP) is 3.12.